The Labute approximate surface area is 98.1 Å². The molecule has 0 N–H and O–H groups in total. The van der Waals surface area contributed by atoms with Gasteiger partial charge in [0.15, 0.2) is 5.82 Å². The molecule has 2 rings (SSSR count). The Hall–Kier alpha value is -1.25. The number of hydrogen-bond acceptors (Lipinski definition) is 3. The molecule has 16 heavy (non-hydrogen) atoms. The molecule has 0 fully saturated rings. The van der Waals surface area contributed by atoms with Gasteiger partial charge in [0.2, 0.25) is 0 Å². The molecule has 0 saturated carbocycles. The smallest absolute Gasteiger partial charge is 0.154 e. The zero-order chi connectivity index (χ0) is 11.9. The molecule has 0 aromatic carbocycles. The van der Waals surface area contributed by atoms with Crippen molar-refractivity contribution in [2.75, 3.05) is 16.8 Å². The van der Waals surface area contributed by atoms with Crippen LogP contribution in [-0.2, 0) is 0 Å². The van der Waals surface area contributed by atoms with Crippen LogP contribution in [0.5, 0.6) is 0 Å². The van der Waals surface area contributed by atoms with E-state index in [-0.39, 0.29) is 0 Å². The second-order valence-corrected chi connectivity index (χ2v) is 5.12. The molecule has 3 nitrogen and oxygen atoms in total. The van der Waals surface area contributed by atoms with Crippen molar-refractivity contribution < 1.29 is 0 Å². The molecule has 1 aliphatic rings. The number of fused-ring (bicyclic) bond motifs is 1. The average molecular weight is 219 g/mol. The Morgan fingerprint density at radius 2 is 1.94 bits per heavy atom. The molecular weight excluding hydrogens is 198 g/mol. The Kier molecular flexibility index (Phi) is 2.78. The van der Waals surface area contributed by atoms with E-state index in [1.165, 1.54) is 5.69 Å². The van der Waals surface area contributed by atoms with Crippen LogP contribution in [0.2, 0.25) is 0 Å². The van der Waals surface area contributed by atoms with Gasteiger partial charge in [-0.3, -0.25) is 0 Å². The lowest BCUT2D eigenvalue weighted by molar-refractivity contribution is 0.441. The molecule has 3 heteroatoms. The normalized spacial score (nSPS) is 19.8. The quantitative estimate of drug-likeness (QED) is 0.762. The van der Waals surface area contributed by atoms with Crippen molar-refractivity contribution >= 4 is 11.5 Å². The maximum Gasteiger partial charge on any atom is 0.154 e. The molecule has 88 valence electrons. The van der Waals surface area contributed by atoms with Gasteiger partial charge in [-0.05, 0) is 31.9 Å². The fraction of sp³-hybridized carbons (Fsp3) is 0.615. The number of pyridine rings is 1. The number of hydrogen-bond donors (Lipinski definition) is 0. The molecular formula is C13H21N3. The number of nitrogens with zero attached hydrogens (tertiary/aromatic N) is 3. The van der Waals surface area contributed by atoms with Crippen LogP contribution in [0.1, 0.15) is 27.7 Å². The molecule has 0 radical (unpaired) electrons. The first-order valence-electron chi connectivity index (χ1n) is 6.00. The van der Waals surface area contributed by atoms with Crippen LogP contribution >= 0.6 is 0 Å². The lowest BCUT2D eigenvalue weighted by atomic mass is 10.1. The summed E-state index contributed by atoms with van der Waals surface area (Å²) in [6, 6.07) is 4.64. The summed E-state index contributed by atoms with van der Waals surface area (Å²) in [4.78, 5) is 9.29. The maximum absolute atomic E-state index is 4.53. The maximum atomic E-state index is 4.53. The predicted molar refractivity (Wildman–Crippen MR) is 68.9 cm³/mol. The summed E-state index contributed by atoms with van der Waals surface area (Å²) in [5.74, 6) is 1.71. The molecule has 2 heterocycles. The average Bonchev–Trinajstić information content (AvgIpc) is 2.53. The summed E-state index contributed by atoms with van der Waals surface area (Å²) < 4.78 is 0. The first kappa shape index (κ1) is 11.2. The monoisotopic (exact) mass is 219 g/mol. The third-order valence-corrected chi connectivity index (χ3v) is 3.23. The summed E-state index contributed by atoms with van der Waals surface area (Å²) in [7, 11) is 2.16. The minimum absolute atomic E-state index is 0.421. The predicted octanol–water partition coefficient (Wildman–Crippen LogP) is 2.73. The highest BCUT2D eigenvalue weighted by Gasteiger charge is 2.37. The first-order valence-corrected chi connectivity index (χ1v) is 6.00. The topological polar surface area (TPSA) is 19.4 Å². The third kappa shape index (κ3) is 1.55. The summed E-state index contributed by atoms with van der Waals surface area (Å²) in [6.07, 6.45) is 2.30. The molecule has 1 aromatic rings. The van der Waals surface area contributed by atoms with Crippen molar-refractivity contribution in [1.29, 1.82) is 0 Å². The van der Waals surface area contributed by atoms with Crippen LogP contribution in [0.4, 0.5) is 11.5 Å². The molecule has 1 unspecified atom stereocenters. The van der Waals surface area contributed by atoms with Crippen molar-refractivity contribution in [1.82, 2.24) is 4.98 Å². The van der Waals surface area contributed by atoms with E-state index < -0.39 is 0 Å². The van der Waals surface area contributed by atoms with Gasteiger partial charge < -0.3 is 9.80 Å². The van der Waals surface area contributed by atoms with Gasteiger partial charge in [0.05, 0.1) is 5.69 Å². The Balaban J connectivity index is 2.47. The van der Waals surface area contributed by atoms with Gasteiger partial charge in [0.1, 0.15) is 6.17 Å². The van der Waals surface area contributed by atoms with Crippen LogP contribution in [0.3, 0.4) is 0 Å². The van der Waals surface area contributed by atoms with Crippen molar-refractivity contribution in [3.8, 4) is 0 Å². The largest absolute Gasteiger partial charge is 0.351 e. The number of aromatic nitrogens is 1. The lowest BCUT2D eigenvalue weighted by Gasteiger charge is -2.36. The van der Waals surface area contributed by atoms with Gasteiger partial charge in [0.25, 0.3) is 0 Å². The van der Waals surface area contributed by atoms with Crippen LogP contribution in [-0.4, -0.2) is 24.2 Å². The van der Waals surface area contributed by atoms with E-state index >= 15 is 0 Å². The van der Waals surface area contributed by atoms with Crippen molar-refractivity contribution in [3.63, 3.8) is 0 Å². The van der Waals surface area contributed by atoms with Gasteiger partial charge in [-0.1, -0.05) is 13.8 Å². The van der Waals surface area contributed by atoms with Crippen LogP contribution in [0, 0.1) is 5.92 Å². The number of anilines is 2. The SMILES string of the molecule is CC(C)C1N(C)c2cccnc2N1C(C)C. The van der Waals surface area contributed by atoms with E-state index in [9.17, 15) is 0 Å². The van der Waals surface area contributed by atoms with E-state index in [4.69, 9.17) is 0 Å². The molecule has 0 bridgehead atoms. The van der Waals surface area contributed by atoms with E-state index in [0.29, 0.717) is 18.1 Å². The van der Waals surface area contributed by atoms with E-state index in [2.05, 4.69) is 55.6 Å². The molecule has 0 saturated heterocycles. The van der Waals surface area contributed by atoms with Gasteiger partial charge in [0, 0.05) is 19.3 Å². The first-order chi connectivity index (χ1) is 7.54. The molecule has 1 aliphatic heterocycles. The Bertz CT molecular complexity index is 373. The van der Waals surface area contributed by atoms with Crippen molar-refractivity contribution in [3.05, 3.63) is 18.3 Å². The summed E-state index contributed by atoms with van der Waals surface area (Å²) in [5, 5.41) is 0. The van der Waals surface area contributed by atoms with E-state index in [1.807, 2.05) is 12.3 Å². The molecule has 0 aliphatic carbocycles. The molecule has 0 spiro atoms. The second kappa shape index (κ2) is 3.96. The zero-order valence-electron chi connectivity index (χ0n) is 10.8. The molecule has 1 aromatic heterocycles. The Morgan fingerprint density at radius 3 is 2.50 bits per heavy atom. The van der Waals surface area contributed by atoms with Crippen molar-refractivity contribution in [2.45, 2.75) is 39.9 Å². The molecule has 0 amide bonds. The van der Waals surface area contributed by atoms with Gasteiger partial charge >= 0.3 is 0 Å². The zero-order valence-corrected chi connectivity index (χ0v) is 10.8. The molecule has 1 atom stereocenters. The summed E-state index contributed by atoms with van der Waals surface area (Å²) >= 11 is 0. The fourth-order valence-corrected chi connectivity index (χ4v) is 2.64. The highest BCUT2D eigenvalue weighted by molar-refractivity contribution is 5.73. The van der Waals surface area contributed by atoms with E-state index in [0.717, 1.165) is 5.82 Å². The van der Waals surface area contributed by atoms with Crippen molar-refractivity contribution in [2.24, 2.45) is 5.92 Å². The fourth-order valence-electron chi connectivity index (χ4n) is 2.64. The van der Waals surface area contributed by atoms with Crippen LogP contribution < -0.4 is 9.80 Å². The standard InChI is InChI=1S/C13H21N3/c1-9(2)13-15(5)11-7-6-8-14-12(11)16(13)10(3)4/h6-10,13H,1-5H3. The summed E-state index contributed by atoms with van der Waals surface area (Å²) in [6.45, 7) is 8.99. The van der Waals surface area contributed by atoms with Crippen LogP contribution in [0.25, 0.3) is 0 Å². The van der Waals surface area contributed by atoms with Crippen LogP contribution in [0.15, 0.2) is 18.3 Å². The lowest BCUT2D eigenvalue weighted by Crippen LogP contribution is -2.48. The highest BCUT2D eigenvalue weighted by Crippen LogP contribution is 2.39. The summed E-state index contributed by atoms with van der Waals surface area (Å²) in [5.41, 5.74) is 1.25. The van der Waals surface area contributed by atoms with Gasteiger partial charge in [-0.15, -0.1) is 0 Å². The van der Waals surface area contributed by atoms with E-state index in [1.54, 1.807) is 0 Å². The second-order valence-electron chi connectivity index (χ2n) is 5.12. The Morgan fingerprint density at radius 1 is 1.25 bits per heavy atom. The number of rotatable bonds is 2. The highest BCUT2D eigenvalue weighted by atomic mass is 15.4. The third-order valence-electron chi connectivity index (χ3n) is 3.23. The van der Waals surface area contributed by atoms with Gasteiger partial charge in [-0.2, -0.15) is 0 Å². The minimum atomic E-state index is 0.421. The minimum Gasteiger partial charge on any atom is -0.351 e. The van der Waals surface area contributed by atoms with Gasteiger partial charge in [-0.25, -0.2) is 4.98 Å².